The molecule has 2 amide bonds. The Labute approximate surface area is 218 Å². The first kappa shape index (κ1) is 26.1. The van der Waals surface area contributed by atoms with Gasteiger partial charge >= 0.3 is 0 Å². The number of nitrogens with zero attached hydrogens (tertiary/aromatic N) is 3. The predicted octanol–water partition coefficient (Wildman–Crippen LogP) is 4.57. The third-order valence-electron chi connectivity index (χ3n) is 6.64. The number of hydrogen-bond donors (Lipinski definition) is 1. The molecule has 0 aromatic heterocycles. The Hall–Kier alpha value is -3.97. The standard InChI is InChI=1S/C30H34N4O3/c1-33(2)28(23-12-8-5-9-13-23)21-31-29(35)18-19-30(36)34-27(24-14-16-25(37-3)17-15-24)20-26(32-34)22-10-6-4-7-11-22/h4-17,27-28H,18-21H2,1-3H3,(H,31,35). The van der Waals surface area contributed by atoms with E-state index in [0.717, 1.165) is 28.2 Å². The van der Waals surface area contributed by atoms with Gasteiger partial charge in [0.05, 0.1) is 24.9 Å². The van der Waals surface area contributed by atoms with Crippen LogP contribution in [0.2, 0.25) is 0 Å². The molecule has 0 aliphatic carbocycles. The summed E-state index contributed by atoms with van der Waals surface area (Å²) >= 11 is 0. The van der Waals surface area contributed by atoms with Crippen LogP contribution in [-0.4, -0.2) is 55.2 Å². The van der Waals surface area contributed by atoms with E-state index in [1.807, 2.05) is 86.9 Å². The number of methoxy groups -OCH3 is 1. The fraction of sp³-hybridized carbons (Fsp3) is 0.300. The van der Waals surface area contributed by atoms with Crippen LogP contribution in [0.15, 0.2) is 90.0 Å². The minimum Gasteiger partial charge on any atom is -0.497 e. The summed E-state index contributed by atoms with van der Waals surface area (Å²) in [4.78, 5) is 28.1. The highest BCUT2D eigenvalue weighted by Crippen LogP contribution is 2.34. The molecule has 192 valence electrons. The molecule has 0 saturated carbocycles. The highest BCUT2D eigenvalue weighted by atomic mass is 16.5. The Kier molecular flexibility index (Phi) is 8.69. The van der Waals surface area contributed by atoms with E-state index >= 15 is 0 Å². The molecule has 7 nitrogen and oxygen atoms in total. The first-order valence-corrected chi connectivity index (χ1v) is 12.5. The van der Waals surface area contributed by atoms with Gasteiger partial charge in [0.25, 0.3) is 0 Å². The van der Waals surface area contributed by atoms with Crippen molar-refractivity contribution in [1.82, 2.24) is 15.2 Å². The number of benzene rings is 3. The van der Waals surface area contributed by atoms with Gasteiger partial charge in [0, 0.05) is 25.8 Å². The molecule has 2 atom stereocenters. The summed E-state index contributed by atoms with van der Waals surface area (Å²) < 4.78 is 5.29. The zero-order valence-corrected chi connectivity index (χ0v) is 21.6. The predicted molar refractivity (Wildman–Crippen MR) is 145 cm³/mol. The van der Waals surface area contributed by atoms with E-state index in [1.165, 1.54) is 0 Å². The Morgan fingerprint density at radius 2 is 1.62 bits per heavy atom. The molecule has 4 rings (SSSR count). The lowest BCUT2D eigenvalue weighted by Crippen LogP contribution is -2.35. The number of hydrogen-bond acceptors (Lipinski definition) is 5. The van der Waals surface area contributed by atoms with Crippen LogP contribution in [0.5, 0.6) is 5.75 Å². The zero-order valence-electron chi connectivity index (χ0n) is 21.6. The molecular weight excluding hydrogens is 464 g/mol. The second kappa shape index (κ2) is 12.3. The number of amides is 2. The van der Waals surface area contributed by atoms with Gasteiger partial charge in [0.1, 0.15) is 5.75 Å². The van der Waals surface area contributed by atoms with Crippen LogP contribution < -0.4 is 10.1 Å². The first-order valence-electron chi connectivity index (χ1n) is 12.5. The second-order valence-electron chi connectivity index (χ2n) is 9.34. The van der Waals surface area contributed by atoms with Crippen molar-refractivity contribution >= 4 is 17.5 Å². The number of ether oxygens (including phenoxy) is 1. The van der Waals surface area contributed by atoms with Crippen LogP contribution in [0.1, 0.15) is 48.0 Å². The lowest BCUT2D eigenvalue weighted by Gasteiger charge is -2.25. The molecule has 3 aromatic carbocycles. The summed E-state index contributed by atoms with van der Waals surface area (Å²) in [6, 6.07) is 27.5. The maximum absolute atomic E-state index is 13.3. The molecule has 0 radical (unpaired) electrons. The molecule has 37 heavy (non-hydrogen) atoms. The van der Waals surface area contributed by atoms with Gasteiger partial charge in [0.2, 0.25) is 11.8 Å². The number of rotatable bonds is 10. The van der Waals surface area contributed by atoms with E-state index in [1.54, 1.807) is 12.1 Å². The highest BCUT2D eigenvalue weighted by molar-refractivity contribution is 6.03. The van der Waals surface area contributed by atoms with Crippen molar-refractivity contribution in [1.29, 1.82) is 0 Å². The number of nitrogens with one attached hydrogen (secondary N) is 1. The summed E-state index contributed by atoms with van der Waals surface area (Å²) in [6.07, 6.45) is 0.799. The smallest absolute Gasteiger partial charge is 0.243 e. The number of hydrazone groups is 1. The van der Waals surface area contributed by atoms with Crippen LogP contribution in [0.3, 0.4) is 0 Å². The molecule has 2 unspecified atom stereocenters. The van der Waals surface area contributed by atoms with Gasteiger partial charge in [-0.15, -0.1) is 0 Å². The SMILES string of the molecule is COc1ccc(C2CC(c3ccccc3)=NN2C(=O)CCC(=O)NCC(c2ccccc2)N(C)C)cc1. The second-order valence-corrected chi connectivity index (χ2v) is 9.34. The number of likely N-dealkylation sites (N-methyl/N-ethyl adjacent to an activating group) is 1. The van der Waals surface area contributed by atoms with E-state index in [9.17, 15) is 9.59 Å². The summed E-state index contributed by atoms with van der Waals surface area (Å²) in [5, 5.41) is 9.25. The first-order chi connectivity index (χ1) is 18.0. The van der Waals surface area contributed by atoms with E-state index in [-0.39, 0.29) is 36.7 Å². The van der Waals surface area contributed by atoms with Crippen molar-refractivity contribution in [3.05, 3.63) is 102 Å². The van der Waals surface area contributed by atoms with Crippen molar-refractivity contribution in [2.45, 2.75) is 31.3 Å². The monoisotopic (exact) mass is 498 g/mol. The van der Waals surface area contributed by atoms with Gasteiger partial charge in [0.15, 0.2) is 0 Å². The van der Waals surface area contributed by atoms with Gasteiger partial charge in [-0.05, 0) is 42.9 Å². The zero-order chi connectivity index (χ0) is 26.2. The van der Waals surface area contributed by atoms with Crippen molar-refractivity contribution in [2.24, 2.45) is 5.10 Å². The number of carbonyl (C=O) groups is 2. The topological polar surface area (TPSA) is 74.2 Å². The van der Waals surface area contributed by atoms with Crippen molar-refractivity contribution in [3.63, 3.8) is 0 Å². The fourth-order valence-electron chi connectivity index (χ4n) is 4.54. The average molecular weight is 499 g/mol. The molecule has 0 spiro atoms. The molecular formula is C30H34N4O3. The van der Waals surface area contributed by atoms with Crippen LogP contribution in [0.4, 0.5) is 0 Å². The van der Waals surface area contributed by atoms with Crippen molar-refractivity contribution in [2.75, 3.05) is 27.7 Å². The highest BCUT2D eigenvalue weighted by Gasteiger charge is 2.33. The van der Waals surface area contributed by atoms with Gasteiger partial charge in [-0.2, -0.15) is 5.10 Å². The Morgan fingerprint density at radius 1 is 0.973 bits per heavy atom. The van der Waals surface area contributed by atoms with E-state index in [4.69, 9.17) is 9.84 Å². The van der Waals surface area contributed by atoms with Crippen LogP contribution in [-0.2, 0) is 9.59 Å². The van der Waals surface area contributed by atoms with Crippen LogP contribution in [0.25, 0.3) is 0 Å². The Balaban J connectivity index is 1.41. The van der Waals surface area contributed by atoms with Crippen molar-refractivity contribution in [3.8, 4) is 5.75 Å². The maximum Gasteiger partial charge on any atom is 0.243 e. The summed E-state index contributed by atoms with van der Waals surface area (Å²) in [5.74, 6) is 0.435. The molecule has 3 aromatic rings. The molecule has 1 aliphatic heterocycles. The summed E-state index contributed by atoms with van der Waals surface area (Å²) in [6.45, 7) is 0.471. The fourth-order valence-corrected chi connectivity index (χ4v) is 4.54. The van der Waals surface area contributed by atoms with Crippen LogP contribution >= 0.6 is 0 Å². The average Bonchev–Trinajstić information content (AvgIpc) is 3.38. The number of carbonyl (C=O) groups excluding carboxylic acids is 2. The molecule has 1 N–H and O–H groups in total. The quantitative estimate of drug-likeness (QED) is 0.444. The van der Waals surface area contributed by atoms with Gasteiger partial charge < -0.3 is 15.0 Å². The van der Waals surface area contributed by atoms with E-state index in [0.29, 0.717) is 13.0 Å². The molecule has 7 heteroatoms. The van der Waals surface area contributed by atoms with Gasteiger partial charge in [-0.1, -0.05) is 72.8 Å². The third-order valence-corrected chi connectivity index (χ3v) is 6.64. The lowest BCUT2D eigenvalue weighted by molar-refractivity contribution is -0.135. The maximum atomic E-state index is 13.3. The van der Waals surface area contributed by atoms with Crippen molar-refractivity contribution < 1.29 is 14.3 Å². The minimum absolute atomic E-state index is 0.0527. The van der Waals surface area contributed by atoms with Gasteiger partial charge in [-0.25, -0.2) is 5.01 Å². The molecule has 0 bridgehead atoms. The molecule has 1 aliphatic rings. The lowest BCUT2D eigenvalue weighted by atomic mass is 9.98. The molecule has 1 heterocycles. The molecule has 0 saturated heterocycles. The summed E-state index contributed by atoms with van der Waals surface area (Å²) in [5.41, 5.74) is 3.96. The normalized spacial score (nSPS) is 15.8. The van der Waals surface area contributed by atoms with Gasteiger partial charge in [-0.3, -0.25) is 9.59 Å². The third kappa shape index (κ3) is 6.62. The van der Waals surface area contributed by atoms with E-state index < -0.39 is 0 Å². The Morgan fingerprint density at radius 3 is 2.24 bits per heavy atom. The van der Waals surface area contributed by atoms with Crippen LogP contribution in [0, 0.1) is 0 Å². The summed E-state index contributed by atoms with van der Waals surface area (Å²) in [7, 11) is 5.60. The van der Waals surface area contributed by atoms with E-state index in [2.05, 4.69) is 22.3 Å². The largest absolute Gasteiger partial charge is 0.497 e. The minimum atomic E-state index is -0.229. The molecule has 0 fully saturated rings. The Bertz CT molecular complexity index is 1210.